The summed E-state index contributed by atoms with van der Waals surface area (Å²) in [6, 6.07) is 26.5. The van der Waals surface area contributed by atoms with Gasteiger partial charge in [-0.1, -0.05) is 110 Å². The number of epoxide rings is 1. The molecule has 4 heterocycles. The Morgan fingerprint density at radius 3 is 2.28 bits per heavy atom. The third kappa shape index (κ3) is 6.85. The molecule has 4 saturated heterocycles. The molecule has 3 aromatic carbocycles. The second-order valence-electron chi connectivity index (χ2n) is 19.1. The van der Waals surface area contributed by atoms with Crippen molar-refractivity contribution in [3.05, 3.63) is 113 Å². The van der Waals surface area contributed by atoms with Crippen LogP contribution in [-0.2, 0) is 50.5 Å². The Bertz CT molecular complexity index is 2160. The van der Waals surface area contributed by atoms with Crippen molar-refractivity contribution < 1.29 is 43.3 Å². The summed E-state index contributed by atoms with van der Waals surface area (Å²) in [6.07, 6.45) is 4.86. The molecule has 12 heteroatoms. The van der Waals surface area contributed by atoms with Crippen molar-refractivity contribution in [3.63, 3.8) is 0 Å². The van der Waals surface area contributed by atoms with Gasteiger partial charge in [0.1, 0.15) is 29.8 Å². The molecule has 10 rings (SSSR count). The number of benzene rings is 3. The normalized spacial score (nSPS) is 35.9. The molecule has 0 aromatic heterocycles. The van der Waals surface area contributed by atoms with Gasteiger partial charge >= 0.3 is 5.97 Å². The number of fused-ring (bicyclic) bond motifs is 6. The minimum Gasteiger partial charge on any atom is -0.458 e. The van der Waals surface area contributed by atoms with E-state index in [9.17, 15) is 19.5 Å². The number of rotatable bonds is 11. The maximum Gasteiger partial charge on any atom is 0.327 e. The zero-order valence-electron chi connectivity index (χ0n) is 35.2. The van der Waals surface area contributed by atoms with Gasteiger partial charge in [0.2, 0.25) is 17.6 Å². The molecule has 322 valence electrons. The molecular weight excluding hydrogens is 775 g/mol. The molecule has 7 aliphatic rings. The second kappa shape index (κ2) is 15.4. The van der Waals surface area contributed by atoms with Crippen LogP contribution in [0.5, 0.6) is 0 Å². The highest BCUT2D eigenvalue weighted by Gasteiger charge is 2.76. The number of hydrogen-bond acceptors (Lipinski definition) is 10. The van der Waals surface area contributed by atoms with Crippen LogP contribution < -0.4 is 10.6 Å². The lowest BCUT2D eigenvalue weighted by molar-refractivity contribution is -0.213. The lowest BCUT2D eigenvalue weighted by atomic mass is 9.52. The molecule has 2 amide bonds. The van der Waals surface area contributed by atoms with Gasteiger partial charge in [-0.05, 0) is 67.4 Å². The molecular formula is C49H57N3O9. The number of aliphatic hydroxyl groups excluding tert-OH is 1. The molecule has 10 unspecified atom stereocenters. The largest absolute Gasteiger partial charge is 0.458 e. The van der Waals surface area contributed by atoms with E-state index in [2.05, 4.69) is 49.6 Å². The SMILES string of the molecule is CC1(C)CC2C(=Cc3ccccc3CN3OC4C5OC(c6ccccc6)(c6ccccc6)OC5C5CC4(C(=O)NCCC(=O)NCCO)C3C(=O)O5)CCC3OC3(C)CCC21. The van der Waals surface area contributed by atoms with Crippen molar-refractivity contribution in [2.45, 2.75) is 120 Å². The molecule has 4 aliphatic heterocycles. The second-order valence-corrected chi connectivity index (χ2v) is 19.1. The van der Waals surface area contributed by atoms with Crippen molar-refractivity contribution in [1.29, 1.82) is 0 Å². The number of nitrogens with one attached hydrogen (secondary N) is 2. The summed E-state index contributed by atoms with van der Waals surface area (Å²) >= 11 is 0. The van der Waals surface area contributed by atoms with E-state index in [0.29, 0.717) is 17.9 Å². The highest BCUT2D eigenvalue weighted by atomic mass is 16.8. The van der Waals surface area contributed by atoms with Crippen molar-refractivity contribution in [2.75, 3.05) is 19.7 Å². The van der Waals surface area contributed by atoms with Crippen LogP contribution in [0.25, 0.3) is 6.08 Å². The highest BCUT2D eigenvalue weighted by Crippen LogP contribution is 2.61. The molecule has 10 atom stereocenters. The molecule has 3 aliphatic carbocycles. The number of hydrogen-bond donors (Lipinski definition) is 3. The molecule has 0 radical (unpaired) electrons. The van der Waals surface area contributed by atoms with Gasteiger partial charge in [0.15, 0.2) is 6.04 Å². The Balaban J connectivity index is 1.00. The van der Waals surface area contributed by atoms with Gasteiger partial charge in [0.25, 0.3) is 0 Å². The van der Waals surface area contributed by atoms with E-state index in [-0.39, 0.29) is 56.0 Å². The topological polar surface area (TPSA) is 148 Å². The van der Waals surface area contributed by atoms with Crippen molar-refractivity contribution in [2.24, 2.45) is 22.7 Å². The molecule has 0 spiro atoms. The number of hydroxylamine groups is 2. The van der Waals surface area contributed by atoms with E-state index in [1.54, 1.807) is 5.06 Å². The summed E-state index contributed by atoms with van der Waals surface area (Å²) in [4.78, 5) is 48.9. The van der Waals surface area contributed by atoms with Crippen molar-refractivity contribution >= 4 is 23.9 Å². The highest BCUT2D eigenvalue weighted by molar-refractivity contribution is 5.94. The Morgan fingerprint density at radius 2 is 1.56 bits per heavy atom. The van der Waals surface area contributed by atoms with Crippen LogP contribution in [0.1, 0.15) is 88.0 Å². The summed E-state index contributed by atoms with van der Waals surface area (Å²) < 4.78 is 26.7. The summed E-state index contributed by atoms with van der Waals surface area (Å²) in [6.45, 7) is 7.24. The van der Waals surface area contributed by atoms with Gasteiger partial charge in [-0.25, -0.2) is 0 Å². The van der Waals surface area contributed by atoms with Crippen LogP contribution in [0, 0.1) is 22.7 Å². The number of amides is 2. The lowest BCUT2D eigenvalue weighted by Crippen LogP contribution is -2.69. The molecule has 3 N–H and O–H groups in total. The fourth-order valence-electron chi connectivity index (χ4n) is 11.8. The molecule has 3 saturated carbocycles. The van der Waals surface area contributed by atoms with Crippen molar-refractivity contribution in [3.8, 4) is 0 Å². The van der Waals surface area contributed by atoms with Crippen LogP contribution >= 0.6 is 0 Å². The molecule has 3 aromatic rings. The smallest absolute Gasteiger partial charge is 0.327 e. The Labute approximate surface area is 357 Å². The molecule has 7 fully saturated rings. The number of aliphatic hydroxyl groups is 1. The standard InChI is InChI=1S/C49H57N3O9/c1-46(2)27-35-31(18-19-38-47(3,58-38)22-20-36(35)46)26-30-12-10-11-13-32(30)29-52-42-44(55)57-37-28-48(42,45(56)51-23-21-39(54)50-24-25-53)43(61-52)41-40(37)59-49(60-41,33-14-6-4-7-15-33)34-16-8-5-9-17-34/h4-17,26,35-38,40-43,53H,18-25,27-29H2,1-3H3,(H,50,54)(H,51,56). The first kappa shape index (κ1) is 40.6. The lowest BCUT2D eigenvalue weighted by Gasteiger charge is -2.53. The van der Waals surface area contributed by atoms with E-state index in [1.807, 2.05) is 72.8 Å². The quantitative estimate of drug-likeness (QED) is 0.166. The number of esters is 1. The van der Waals surface area contributed by atoms with Gasteiger partial charge in [-0.3, -0.25) is 19.2 Å². The molecule has 61 heavy (non-hydrogen) atoms. The number of carbonyl (C=O) groups is 3. The maximum atomic E-state index is 14.9. The van der Waals surface area contributed by atoms with Crippen molar-refractivity contribution in [1.82, 2.24) is 15.7 Å². The van der Waals surface area contributed by atoms with Crippen LogP contribution in [0.2, 0.25) is 0 Å². The first-order valence-corrected chi connectivity index (χ1v) is 22.2. The number of nitrogens with zero attached hydrogens (tertiary/aromatic N) is 1. The minimum absolute atomic E-state index is 0.000418. The Hall–Kier alpha value is -4.43. The van der Waals surface area contributed by atoms with Gasteiger partial charge < -0.3 is 34.7 Å². The number of carbonyl (C=O) groups excluding carboxylic acids is 3. The van der Waals surface area contributed by atoms with Gasteiger partial charge in [0, 0.05) is 37.1 Å². The van der Waals surface area contributed by atoms with E-state index in [1.165, 1.54) is 5.57 Å². The van der Waals surface area contributed by atoms with Gasteiger partial charge in [0.05, 0.1) is 24.9 Å². The summed E-state index contributed by atoms with van der Waals surface area (Å²) in [5.41, 5.74) is 3.82. The maximum absolute atomic E-state index is 14.9. The zero-order chi connectivity index (χ0) is 42.1. The zero-order valence-corrected chi connectivity index (χ0v) is 35.2. The predicted octanol–water partition coefficient (Wildman–Crippen LogP) is 5.56. The molecule has 12 nitrogen and oxygen atoms in total. The monoisotopic (exact) mass is 831 g/mol. The fourth-order valence-corrected chi connectivity index (χ4v) is 11.8. The molecule has 2 bridgehead atoms. The predicted molar refractivity (Wildman–Crippen MR) is 224 cm³/mol. The minimum atomic E-state index is -1.43. The van der Waals surface area contributed by atoms with Gasteiger partial charge in [-0.2, -0.15) is 5.06 Å². The van der Waals surface area contributed by atoms with E-state index in [0.717, 1.165) is 54.4 Å². The van der Waals surface area contributed by atoms with E-state index < -0.39 is 53.5 Å². The van der Waals surface area contributed by atoms with E-state index >= 15 is 0 Å². The van der Waals surface area contributed by atoms with Crippen LogP contribution in [0.15, 0.2) is 90.5 Å². The third-order valence-corrected chi connectivity index (χ3v) is 15.1. The summed E-state index contributed by atoms with van der Waals surface area (Å²) in [7, 11) is 0. The van der Waals surface area contributed by atoms with Crippen LogP contribution in [-0.4, -0.2) is 89.8 Å². The van der Waals surface area contributed by atoms with Crippen LogP contribution in [0.4, 0.5) is 0 Å². The first-order chi connectivity index (χ1) is 29.5. The fraction of sp³-hybridized carbons (Fsp3) is 0.531. The Morgan fingerprint density at radius 1 is 0.852 bits per heavy atom. The summed E-state index contributed by atoms with van der Waals surface area (Å²) in [5, 5.41) is 16.5. The first-order valence-electron chi connectivity index (χ1n) is 22.2. The van der Waals surface area contributed by atoms with E-state index in [4.69, 9.17) is 23.8 Å². The average molecular weight is 832 g/mol. The third-order valence-electron chi connectivity index (χ3n) is 15.1. The number of allylic oxidation sites excluding steroid dienone is 1. The number of ether oxygens (including phenoxy) is 4. The van der Waals surface area contributed by atoms with Crippen LogP contribution in [0.3, 0.4) is 0 Å². The average Bonchev–Trinajstić information content (AvgIpc) is 3.54. The summed E-state index contributed by atoms with van der Waals surface area (Å²) in [5.74, 6) is -1.56. The Kier molecular flexibility index (Phi) is 10.3. The van der Waals surface area contributed by atoms with Gasteiger partial charge in [-0.15, -0.1) is 0 Å².